The van der Waals surface area contributed by atoms with Crippen LogP contribution in [-0.4, -0.2) is 28.5 Å². The topological polar surface area (TPSA) is 68.2 Å². The molecule has 0 spiro atoms. The number of aryl methyl sites for hydroxylation is 1. The van der Waals surface area contributed by atoms with Crippen molar-refractivity contribution in [1.29, 1.82) is 0 Å². The molecule has 0 atom stereocenters. The van der Waals surface area contributed by atoms with Gasteiger partial charge in [0.25, 0.3) is 0 Å². The molecule has 0 amide bonds. The molecule has 6 heteroatoms. The van der Waals surface area contributed by atoms with Gasteiger partial charge in [-0.2, -0.15) is 5.10 Å². The first-order valence-electron chi connectivity index (χ1n) is 6.18. The van der Waals surface area contributed by atoms with Gasteiger partial charge in [-0.15, -0.1) is 4.68 Å². The minimum Gasteiger partial charge on any atom is -0.442 e. The van der Waals surface area contributed by atoms with Gasteiger partial charge < -0.3 is 15.4 Å². The molecule has 0 bridgehead atoms. The lowest BCUT2D eigenvalue weighted by molar-refractivity contribution is 0.0518. The lowest BCUT2D eigenvalue weighted by Crippen LogP contribution is -2.29. The van der Waals surface area contributed by atoms with Gasteiger partial charge in [0.05, 0.1) is 11.5 Å². The van der Waals surface area contributed by atoms with Gasteiger partial charge >= 0.3 is 6.09 Å². The monoisotopic (exact) mass is 266 g/mol. The van der Waals surface area contributed by atoms with E-state index in [1.807, 2.05) is 40.7 Å². The average molecular weight is 266 g/mol. The summed E-state index contributed by atoms with van der Waals surface area (Å²) >= 11 is 0. The molecule has 1 rings (SSSR count). The molecule has 0 fully saturated rings. The zero-order valence-corrected chi connectivity index (χ0v) is 12.4. The van der Waals surface area contributed by atoms with E-state index in [1.54, 1.807) is 13.1 Å². The van der Waals surface area contributed by atoms with Crippen molar-refractivity contribution in [3.8, 4) is 0 Å². The van der Waals surface area contributed by atoms with Crippen molar-refractivity contribution in [2.45, 2.75) is 40.2 Å². The number of hydrogen-bond acceptors (Lipinski definition) is 5. The van der Waals surface area contributed by atoms with E-state index >= 15 is 0 Å². The molecule has 1 aromatic heterocycles. The molecule has 0 aromatic carbocycles. The molecule has 0 aliphatic carbocycles. The van der Waals surface area contributed by atoms with Crippen LogP contribution >= 0.6 is 0 Å². The Kier molecular flexibility index (Phi) is 4.58. The Labute approximate surface area is 113 Å². The van der Waals surface area contributed by atoms with Gasteiger partial charge in [0.15, 0.2) is 0 Å². The van der Waals surface area contributed by atoms with E-state index in [-0.39, 0.29) is 0 Å². The molecule has 2 N–H and O–H groups in total. The molecule has 106 valence electrons. The van der Waals surface area contributed by atoms with Crippen molar-refractivity contribution in [2.24, 2.45) is 0 Å². The predicted molar refractivity (Wildman–Crippen MR) is 75.0 cm³/mol. The summed E-state index contributed by atoms with van der Waals surface area (Å²) in [5.74, 6) is 1.35. The van der Waals surface area contributed by atoms with Crippen molar-refractivity contribution in [3.05, 3.63) is 23.7 Å². The highest BCUT2D eigenvalue weighted by Gasteiger charge is 2.21. The highest BCUT2D eigenvalue weighted by molar-refractivity contribution is 5.75. The Balaban J connectivity index is 2.99. The lowest BCUT2D eigenvalue weighted by atomic mass is 10.2. The van der Waals surface area contributed by atoms with Gasteiger partial charge in [-0.05, 0) is 40.7 Å². The standard InChI is InChI=1S/C13H22N4O2/c1-7-10(14-6)15-11-8-9(2)16-17(11)12(18)19-13(3,4)5/h7-8,14-15H,1-6H3/b10-7+. The van der Waals surface area contributed by atoms with E-state index in [2.05, 4.69) is 15.7 Å². The summed E-state index contributed by atoms with van der Waals surface area (Å²) in [7, 11) is 1.80. The number of ether oxygens (including phenoxy) is 1. The zero-order chi connectivity index (χ0) is 14.6. The zero-order valence-electron chi connectivity index (χ0n) is 12.4. The summed E-state index contributed by atoms with van der Waals surface area (Å²) in [4.78, 5) is 12.1. The highest BCUT2D eigenvalue weighted by Crippen LogP contribution is 2.15. The number of anilines is 1. The highest BCUT2D eigenvalue weighted by atomic mass is 16.6. The second-order valence-corrected chi connectivity index (χ2v) is 5.14. The second-order valence-electron chi connectivity index (χ2n) is 5.14. The minimum atomic E-state index is -0.555. The summed E-state index contributed by atoms with van der Waals surface area (Å²) < 4.78 is 6.53. The SMILES string of the molecule is C/C=C(\NC)Nc1cc(C)nn1C(=O)OC(C)(C)C. The summed E-state index contributed by atoms with van der Waals surface area (Å²) in [5.41, 5.74) is 0.181. The quantitative estimate of drug-likeness (QED) is 0.879. The van der Waals surface area contributed by atoms with Crippen molar-refractivity contribution in [1.82, 2.24) is 15.1 Å². The molecule has 0 saturated heterocycles. The van der Waals surface area contributed by atoms with E-state index in [0.717, 1.165) is 11.5 Å². The van der Waals surface area contributed by atoms with Gasteiger partial charge in [-0.3, -0.25) is 0 Å². The first kappa shape index (κ1) is 15.1. The molecule has 1 aromatic rings. The van der Waals surface area contributed by atoms with Crippen LogP contribution in [0.2, 0.25) is 0 Å². The Morgan fingerprint density at radius 3 is 2.58 bits per heavy atom. The van der Waals surface area contributed by atoms with Gasteiger partial charge in [-0.25, -0.2) is 4.79 Å². The van der Waals surface area contributed by atoms with Crippen LogP contribution in [0.5, 0.6) is 0 Å². The average Bonchev–Trinajstić information content (AvgIpc) is 2.65. The number of carbonyl (C=O) groups is 1. The summed E-state index contributed by atoms with van der Waals surface area (Å²) in [5, 5.41) is 10.2. The number of hydrogen-bond donors (Lipinski definition) is 2. The van der Waals surface area contributed by atoms with E-state index in [1.165, 1.54) is 4.68 Å². The normalized spacial score (nSPS) is 12.2. The first-order chi connectivity index (χ1) is 8.76. The molecular weight excluding hydrogens is 244 g/mol. The van der Waals surface area contributed by atoms with Crippen LogP contribution in [-0.2, 0) is 4.74 Å². The molecule has 6 nitrogen and oxygen atoms in total. The van der Waals surface area contributed by atoms with Crippen LogP contribution in [0.15, 0.2) is 18.0 Å². The van der Waals surface area contributed by atoms with E-state index in [4.69, 9.17) is 4.74 Å². The molecule has 0 unspecified atom stereocenters. The maximum absolute atomic E-state index is 12.1. The van der Waals surface area contributed by atoms with E-state index < -0.39 is 11.7 Å². The van der Waals surface area contributed by atoms with E-state index in [0.29, 0.717) is 5.82 Å². The third-order valence-corrected chi connectivity index (χ3v) is 2.22. The van der Waals surface area contributed by atoms with Crippen LogP contribution in [0.3, 0.4) is 0 Å². The Hall–Kier alpha value is -1.98. The molecule has 0 aliphatic rings. The maximum atomic E-state index is 12.1. The van der Waals surface area contributed by atoms with Gasteiger partial charge in [0.1, 0.15) is 11.4 Å². The third-order valence-electron chi connectivity index (χ3n) is 2.22. The van der Waals surface area contributed by atoms with Crippen LogP contribution in [0.1, 0.15) is 33.4 Å². The Bertz CT molecular complexity index is 483. The predicted octanol–water partition coefficient (Wildman–Crippen LogP) is 2.47. The Morgan fingerprint density at radius 2 is 2.11 bits per heavy atom. The second kappa shape index (κ2) is 5.77. The van der Waals surface area contributed by atoms with Crippen LogP contribution in [0.4, 0.5) is 10.6 Å². The van der Waals surface area contributed by atoms with Crippen molar-refractivity contribution in [2.75, 3.05) is 12.4 Å². The molecule has 0 aliphatic heterocycles. The molecule has 0 saturated carbocycles. The van der Waals surface area contributed by atoms with Gasteiger partial charge in [0, 0.05) is 13.1 Å². The van der Waals surface area contributed by atoms with Gasteiger partial charge in [0.2, 0.25) is 0 Å². The van der Waals surface area contributed by atoms with Crippen molar-refractivity contribution in [3.63, 3.8) is 0 Å². The lowest BCUT2D eigenvalue weighted by Gasteiger charge is -2.20. The fourth-order valence-electron chi connectivity index (χ4n) is 1.45. The number of nitrogens with one attached hydrogen (secondary N) is 2. The third kappa shape index (κ3) is 4.31. The van der Waals surface area contributed by atoms with Crippen molar-refractivity contribution >= 4 is 11.9 Å². The maximum Gasteiger partial charge on any atom is 0.437 e. The van der Waals surface area contributed by atoms with Crippen LogP contribution in [0.25, 0.3) is 0 Å². The number of aromatic nitrogens is 2. The number of nitrogens with zero attached hydrogens (tertiary/aromatic N) is 2. The summed E-state index contributed by atoms with van der Waals surface area (Å²) in [6, 6.07) is 1.78. The first-order valence-corrected chi connectivity index (χ1v) is 6.18. The Morgan fingerprint density at radius 1 is 1.47 bits per heavy atom. The number of allylic oxidation sites excluding steroid dienone is 1. The fourth-order valence-corrected chi connectivity index (χ4v) is 1.45. The molecule has 1 heterocycles. The summed E-state index contributed by atoms with van der Waals surface area (Å²) in [6.45, 7) is 9.17. The summed E-state index contributed by atoms with van der Waals surface area (Å²) in [6.07, 6.45) is 1.36. The largest absolute Gasteiger partial charge is 0.442 e. The fraction of sp³-hybridized carbons (Fsp3) is 0.538. The smallest absolute Gasteiger partial charge is 0.437 e. The van der Waals surface area contributed by atoms with Crippen molar-refractivity contribution < 1.29 is 9.53 Å². The number of rotatable bonds is 3. The molecule has 19 heavy (non-hydrogen) atoms. The molecular formula is C13H22N4O2. The minimum absolute atomic E-state index is 0.505. The van der Waals surface area contributed by atoms with Crippen LogP contribution in [0, 0.1) is 6.92 Å². The van der Waals surface area contributed by atoms with Gasteiger partial charge in [-0.1, -0.05) is 0 Å². The van der Waals surface area contributed by atoms with E-state index in [9.17, 15) is 4.79 Å². The molecule has 0 radical (unpaired) electrons. The van der Waals surface area contributed by atoms with Crippen LogP contribution < -0.4 is 10.6 Å². The number of carbonyl (C=O) groups excluding carboxylic acids is 1.